The minimum absolute atomic E-state index is 0. The van der Waals surface area contributed by atoms with E-state index in [1.165, 1.54) is 12.7 Å². The highest BCUT2D eigenvalue weighted by Crippen LogP contribution is 2.23. The van der Waals surface area contributed by atoms with Crippen molar-refractivity contribution in [3.8, 4) is 5.75 Å². The van der Waals surface area contributed by atoms with Crippen LogP contribution in [0.25, 0.3) is 0 Å². The van der Waals surface area contributed by atoms with Gasteiger partial charge in [-0.15, -0.1) is 12.4 Å². The minimum atomic E-state index is -0.399. The molecule has 7 heteroatoms. The van der Waals surface area contributed by atoms with Crippen LogP contribution in [-0.4, -0.2) is 38.9 Å². The summed E-state index contributed by atoms with van der Waals surface area (Å²) in [5.41, 5.74) is 2.26. The quantitative estimate of drug-likeness (QED) is 0.473. The molecular weight excluding hydrogens is 425 g/mol. The van der Waals surface area contributed by atoms with Crippen molar-refractivity contribution in [3.05, 3.63) is 64.7 Å². The maximum atomic E-state index is 11.1. The maximum Gasteiger partial charge on any atom is 0.343 e. The van der Waals surface area contributed by atoms with Crippen LogP contribution in [0.1, 0.15) is 43.9 Å². The number of halogens is 2. The second kappa shape index (κ2) is 13.5. The van der Waals surface area contributed by atoms with Crippen LogP contribution in [0, 0.1) is 0 Å². The Balaban J connectivity index is 0.00000450. The molecule has 0 saturated heterocycles. The molecule has 0 aliphatic heterocycles. The number of methoxy groups -OCH3 is 1. The van der Waals surface area contributed by atoms with E-state index >= 15 is 0 Å². The van der Waals surface area contributed by atoms with E-state index in [1.807, 2.05) is 62.4 Å². The lowest BCUT2D eigenvalue weighted by molar-refractivity contribution is -0.142. The van der Waals surface area contributed by atoms with Gasteiger partial charge in [0.05, 0.1) is 19.3 Å². The molecule has 0 bridgehead atoms. The van der Waals surface area contributed by atoms with Gasteiger partial charge in [0, 0.05) is 18.1 Å². The summed E-state index contributed by atoms with van der Waals surface area (Å²) in [6, 6.07) is 15.6. The number of nitrogens with one attached hydrogen (secondary N) is 1. The lowest BCUT2D eigenvalue weighted by Crippen LogP contribution is -2.28. The van der Waals surface area contributed by atoms with E-state index in [0.717, 1.165) is 12.1 Å². The van der Waals surface area contributed by atoms with Gasteiger partial charge < -0.3 is 19.5 Å². The van der Waals surface area contributed by atoms with Crippen molar-refractivity contribution >= 4 is 30.0 Å². The van der Waals surface area contributed by atoms with Crippen molar-refractivity contribution in [3.63, 3.8) is 0 Å². The Hall–Kier alpha value is -1.79. The van der Waals surface area contributed by atoms with Gasteiger partial charge in [-0.2, -0.15) is 0 Å². The van der Waals surface area contributed by atoms with E-state index in [0.29, 0.717) is 23.2 Å². The molecule has 0 spiro atoms. The van der Waals surface area contributed by atoms with Gasteiger partial charge in [-0.3, -0.25) is 0 Å². The van der Waals surface area contributed by atoms with Gasteiger partial charge in [-0.1, -0.05) is 42.8 Å². The monoisotopic (exact) mass is 455 g/mol. The molecule has 2 aromatic carbocycles. The smallest absolute Gasteiger partial charge is 0.343 e. The Kier molecular flexibility index (Phi) is 11.8. The SMILES string of the molecule is COC(=O)COc1ccc(C(C)CNCC(OC(C)C)c2cccc(Cl)c2)cc1.Cl. The van der Waals surface area contributed by atoms with E-state index < -0.39 is 5.97 Å². The zero-order valence-electron chi connectivity index (χ0n) is 17.9. The predicted octanol–water partition coefficient (Wildman–Crippen LogP) is 5.17. The molecule has 0 fully saturated rings. The highest BCUT2D eigenvalue weighted by atomic mass is 35.5. The third kappa shape index (κ3) is 8.92. The highest BCUT2D eigenvalue weighted by Gasteiger charge is 2.15. The van der Waals surface area contributed by atoms with Gasteiger partial charge in [0.2, 0.25) is 0 Å². The molecule has 0 radical (unpaired) electrons. The predicted molar refractivity (Wildman–Crippen MR) is 123 cm³/mol. The Morgan fingerprint density at radius 1 is 1.03 bits per heavy atom. The summed E-state index contributed by atoms with van der Waals surface area (Å²) in [4.78, 5) is 11.1. The van der Waals surface area contributed by atoms with Crippen LogP contribution in [0.5, 0.6) is 5.75 Å². The van der Waals surface area contributed by atoms with Gasteiger partial charge in [0.15, 0.2) is 6.61 Å². The lowest BCUT2D eigenvalue weighted by atomic mass is 10.0. The van der Waals surface area contributed by atoms with Crippen molar-refractivity contribution in [2.75, 3.05) is 26.8 Å². The summed E-state index contributed by atoms with van der Waals surface area (Å²) < 4.78 is 16.0. The number of hydrogen-bond donors (Lipinski definition) is 1. The van der Waals surface area contributed by atoms with Crippen LogP contribution in [0.4, 0.5) is 0 Å². The molecule has 0 amide bonds. The molecule has 30 heavy (non-hydrogen) atoms. The van der Waals surface area contributed by atoms with E-state index in [9.17, 15) is 4.79 Å². The van der Waals surface area contributed by atoms with Crippen LogP contribution < -0.4 is 10.1 Å². The number of rotatable bonds is 11. The molecule has 0 aromatic heterocycles. The fourth-order valence-corrected chi connectivity index (χ4v) is 3.12. The summed E-state index contributed by atoms with van der Waals surface area (Å²) >= 11 is 6.14. The first-order valence-corrected chi connectivity index (χ1v) is 10.2. The Morgan fingerprint density at radius 2 is 1.73 bits per heavy atom. The molecule has 2 unspecified atom stereocenters. The second-order valence-corrected chi connectivity index (χ2v) is 7.66. The first kappa shape index (κ1) is 26.2. The van der Waals surface area contributed by atoms with E-state index in [1.54, 1.807) is 0 Å². The van der Waals surface area contributed by atoms with Gasteiger partial charge in [0.1, 0.15) is 5.75 Å². The molecule has 0 saturated carbocycles. The normalized spacial score (nSPS) is 12.7. The number of carbonyl (C=O) groups excluding carboxylic acids is 1. The third-order valence-corrected chi connectivity index (χ3v) is 4.71. The molecule has 166 valence electrons. The van der Waals surface area contributed by atoms with Crippen molar-refractivity contribution in [1.29, 1.82) is 0 Å². The molecular formula is C23H31Cl2NO4. The number of carbonyl (C=O) groups is 1. The molecule has 1 N–H and O–H groups in total. The first-order chi connectivity index (χ1) is 13.9. The van der Waals surface area contributed by atoms with Gasteiger partial charge >= 0.3 is 5.97 Å². The van der Waals surface area contributed by atoms with E-state index in [2.05, 4.69) is 17.0 Å². The Morgan fingerprint density at radius 3 is 2.33 bits per heavy atom. The lowest BCUT2D eigenvalue weighted by Gasteiger charge is -2.23. The molecule has 0 heterocycles. The summed E-state index contributed by atoms with van der Waals surface area (Å²) in [5, 5.41) is 4.22. The van der Waals surface area contributed by atoms with Gasteiger partial charge in [-0.25, -0.2) is 4.79 Å². The molecule has 2 aromatic rings. The average Bonchev–Trinajstić information content (AvgIpc) is 2.71. The van der Waals surface area contributed by atoms with Crippen molar-refractivity contribution in [2.45, 2.75) is 38.9 Å². The van der Waals surface area contributed by atoms with Gasteiger partial charge in [-0.05, 0) is 55.2 Å². The van der Waals surface area contributed by atoms with Crippen molar-refractivity contribution < 1.29 is 19.0 Å². The van der Waals surface area contributed by atoms with E-state index in [4.69, 9.17) is 21.1 Å². The molecule has 0 aliphatic carbocycles. The number of esters is 1. The maximum absolute atomic E-state index is 11.1. The van der Waals surface area contributed by atoms with Crippen molar-refractivity contribution in [1.82, 2.24) is 5.32 Å². The largest absolute Gasteiger partial charge is 0.482 e. The number of ether oxygens (including phenoxy) is 3. The van der Waals surface area contributed by atoms with Gasteiger partial charge in [0.25, 0.3) is 0 Å². The summed E-state index contributed by atoms with van der Waals surface area (Å²) in [5.74, 6) is 0.555. The van der Waals surface area contributed by atoms with Crippen LogP contribution >= 0.6 is 24.0 Å². The summed E-state index contributed by atoms with van der Waals surface area (Å²) in [7, 11) is 1.34. The van der Waals surface area contributed by atoms with Crippen LogP contribution in [0.15, 0.2) is 48.5 Å². The molecule has 2 atom stereocenters. The Labute approximate surface area is 190 Å². The second-order valence-electron chi connectivity index (χ2n) is 7.22. The fraction of sp³-hybridized carbons (Fsp3) is 0.435. The van der Waals surface area contributed by atoms with Crippen LogP contribution in [-0.2, 0) is 14.3 Å². The summed E-state index contributed by atoms with van der Waals surface area (Å²) in [6.45, 7) is 7.64. The molecule has 2 rings (SSSR count). The van der Waals surface area contributed by atoms with Crippen LogP contribution in [0.2, 0.25) is 5.02 Å². The van der Waals surface area contributed by atoms with Crippen LogP contribution in [0.3, 0.4) is 0 Å². The molecule has 0 aliphatic rings. The first-order valence-electron chi connectivity index (χ1n) is 9.80. The summed E-state index contributed by atoms with van der Waals surface area (Å²) in [6.07, 6.45) is 0.0609. The third-order valence-electron chi connectivity index (χ3n) is 4.47. The highest BCUT2D eigenvalue weighted by molar-refractivity contribution is 6.30. The molecule has 5 nitrogen and oxygen atoms in total. The minimum Gasteiger partial charge on any atom is -0.482 e. The van der Waals surface area contributed by atoms with Crippen molar-refractivity contribution in [2.24, 2.45) is 0 Å². The Bertz CT molecular complexity index is 768. The zero-order chi connectivity index (χ0) is 21.2. The topological polar surface area (TPSA) is 56.8 Å². The van der Waals surface area contributed by atoms with E-state index in [-0.39, 0.29) is 31.2 Å². The number of benzene rings is 2. The average molecular weight is 456 g/mol. The number of hydrogen-bond acceptors (Lipinski definition) is 5. The standard InChI is InChI=1S/C23H30ClNO4.ClH/c1-16(2)29-22(19-6-5-7-20(24)12-19)14-25-13-17(3)18-8-10-21(11-9-18)28-15-23(26)27-4;/h5-12,16-17,22,25H,13-15H2,1-4H3;1H. The fourth-order valence-electron chi connectivity index (χ4n) is 2.92. The zero-order valence-corrected chi connectivity index (χ0v) is 19.5.